The third-order valence-electron chi connectivity index (χ3n) is 3.11. The lowest BCUT2D eigenvalue weighted by Crippen LogP contribution is -2.46. The monoisotopic (exact) mass is 266 g/mol. The Kier molecular flexibility index (Phi) is 4.57. The summed E-state index contributed by atoms with van der Waals surface area (Å²) in [6, 6.07) is 0.972. The van der Waals surface area contributed by atoms with Crippen molar-refractivity contribution in [3.8, 4) is 0 Å². The number of carbonyl (C=O) groups excluding carboxylic acids is 2. The molecule has 1 saturated heterocycles. The van der Waals surface area contributed by atoms with Crippen LogP contribution >= 0.6 is 0 Å². The van der Waals surface area contributed by atoms with Gasteiger partial charge in [0.05, 0.1) is 18.4 Å². The molecule has 2 atom stereocenters. The number of ether oxygens (including phenoxy) is 1. The van der Waals surface area contributed by atoms with Crippen molar-refractivity contribution in [2.45, 2.75) is 19.4 Å². The van der Waals surface area contributed by atoms with E-state index in [-0.39, 0.29) is 11.8 Å². The van der Waals surface area contributed by atoms with Crippen molar-refractivity contribution in [3.63, 3.8) is 0 Å². The Hall–Kier alpha value is -1.82. The van der Waals surface area contributed by atoms with Crippen molar-refractivity contribution in [3.05, 3.63) is 24.2 Å². The van der Waals surface area contributed by atoms with Crippen LogP contribution in [0.5, 0.6) is 0 Å². The largest absolute Gasteiger partial charge is 0.472 e. The van der Waals surface area contributed by atoms with E-state index in [1.807, 2.05) is 0 Å². The SMILES string of the molecule is C[C@H](NC(=O)c1ccoc1)C(=O)NC[C@@H]1CCOC1. The summed E-state index contributed by atoms with van der Waals surface area (Å²) >= 11 is 0. The Morgan fingerprint density at radius 3 is 3.00 bits per heavy atom. The molecule has 0 aliphatic carbocycles. The topological polar surface area (TPSA) is 80.6 Å². The van der Waals surface area contributed by atoms with E-state index in [2.05, 4.69) is 10.6 Å². The summed E-state index contributed by atoms with van der Waals surface area (Å²) in [7, 11) is 0. The first-order chi connectivity index (χ1) is 9.16. The Bertz CT molecular complexity index is 424. The number of rotatable bonds is 5. The molecule has 0 spiro atoms. The highest BCUT2D eigenvalue weighted by Gasteiger charge is 2.20. The number of hydrogen-bond acceptors (Lipinski definition) is 4. The van der Waals surface area contributed by atoms with Gasteiger partial charge in [-0.3, -0.25) is 9.59 Å². The lowest BCUT2D eigenvalue weighted by Gasteiger charge is -2.15. The molecule has 19 heavy (non-hydrogen) atoms. The van der Waals surface area contributed by atoms with Crippen LogP contribution in [0.4, 0.5) is 0 Å². The second-order valence-electron chi connectivity index (χ2n) is 4.68. The Balaban J connectivity index is 1.74. The molecule has 6 heteroatoms. The maximum atomic E-state index is 11.8. The van der Waals surface area contributed by atoms with Crippen molar-refractivity contribution in [1.29, 1.82) is 0 Å². The van der Waals surface area contributed by atoms with Crippen molar-refractivity contribution < 1.29 is 18.7 Å². The third-order valence-corrected chi connectivity index (χ3v) is 3.11. The van der Waals surface area contributed by atoms with Crippen LogP contribution < -0.4 is 10.6 Å². The molecule has 0 unspecified atom stereocenters. The second-order valence-corrected chi connectivity index (χ2v) is 4.68. The van der Waals surface area contributed by atoms with Crippen LogP contribution in [0.2, 0.25) is 0 Å². The molecule has 2 heterocycles. The van der Waals surface area contributed by atoms with E-state index in [1.165, 1.54) is 12.5 Å². The molecule has 2 rings (SSSR count). The van der Waals surface area contributed by atoms with Gasteiger partial charge in [-0.2, -0.15) is 0 Å². The zero-order valence-corrected chi connectivity index (χ0v) is 10.8. The molecule has 6 nitrogen and oxygen atoms in total. The first-order valence-electron chi connectivity index (χ1n) is 6.35. The normalized spacial score (nSPS) is 19.9. The van der Waals surface area contributed by atoms with Crippen LogP contribution in [-0.2, 0) is 9.53 Å². The van der Waals surface area contributed by atoms with E-state index < -0.39 is 6.04 Å². The molecular weight excluding hydrogens is 248 g/mol. The highest BCUT2D eigenvalue weighted by atomic mass is 16.5. The summed E-state index contributed by atoms with van der Waals surface area (Å²) in [5.74, 6) is -0.134. The summed E-state index contributed by atoms with van der Waals surface area (Å²) in [4.78, 5) is 23.5. The lowest BCUT2D eigenvalue weighted by molar-refractivity contribution is -0.122. The smallest absolute Gasteiger partial charge is 0.255 e. The zero-order chi connectivity index (χ0) is 13.7. The van der Waals surface area contributed by atoms with E-state index in [0.717, 1.165) is 13.0 Å². The molecule has 1 aliphatic heterocycles. The summed E-state index contributed by atoms with van der Waals surface area (Å²) in [6.07, 6.45) is 3.73. The number of carbonyl (C=O) groups is 2. The van der Waals surface area contributed by atoms with Gasteiger partial charge in [-0.25, -0.2) is 0 Å². The minimum Gasteiger partial charge on any atom is -0.472 e. The molecular formula is C13H18N2O4. The van der Waals surface area contributed by atoms with Crippen LogP contribution in [0.25, 0.3) is 0 Å². The van der Waals surface area contributed by atoms with Crippen LogP contribution in [0.15, 0.2) is 23.0 Å². The fourth-order valence-corrected chi connectivity index (χ4v) is 1.88. The van der Waals surface area contributed by atoms with E-state index in [1.54, 1.807) is 13.0 Å². The molecule has 1 aromatic heterocycles. The fraction of sp³-hybridized carbons (Fsp3) is 0.538. The van der Waals surface area contributed by atoms with Gasteiger partial charge < -0.3 is 19.8 Å². The average Bonchev–Trinajstić information content (AvgIpc) is 3.08. The maximum Gasteiger partial charge on any atom is 0.255 e. The van der Waals surface area contributed by atoms with E-state index in [9.17, 15) is 9.59 Å². The van der Waals surface area contributed by atoms with Gasteiger partial charge in [-0.1, -0.05) is 0 Å². The molecule has 2 N–H and O–H groups in total. The summed E-state index contributed by atoms with van der Waals surface area (Å²) in [6.45, 7) is 3.69. The highest BCUT2D eigenvalue weighted by Crippen LogP contribution is 2.10. The minimum atomic E-state index is -0.579. The first kappa shape index (κ1) is 13.6. The predicted molar refractivity (Wildman–Crippen MR) is 67.6 cm³/mol. The average molecular weight is 266 g/mol. The van der Waals surface area contributed by atoms with Crippen molar-refractivity contribution in [2.75, 3.05) is 19.8 Å². The summed E-state index contributed by atoms with van der Waals surface area (Å²) in [5, 5.41) is 5.43. The lowest BCUT2D eigenvalue weighted by atomic mass is 10.1. The summed E-state index contributed by atoms with van der Waals surface area (Å²) < 4.78 is 10.0. The standard InChI is InChI=1S/C13H18N2O4/c1-9(15-13(17)11-3-5-19-8-11)12(16)14-6-10-2-4-18-7-10/h3,5,8-10H,2,4,6-7H2,1H3,(H,14,16)(H,15,17)/t9-,10-/m0/s1. The number of furan rings is 1. The van der Waals surface area contributed by atoms with Gasteiger partial charge in [0.25, 0.3) is 5.91 Å². The Morgan fingerprint density at radius 2 is 2.37 bits per heavy atom. The number of amides is 2. The molecule has 0 aromatic carbocycles. The summed E-state index contributed by atoms with van der Waals surface area (Å²) in [5.41, 5.74) is 0.406. The van der Waals surface area contributed by atoms with Gasteiger partial charge in [0, 0.05) is 19.1 Å². The molecule has 0 bridgehead atoms. The van der Waals surface area contributed by atoms with Crippen LogP contribution in [0, 0.1) is 5.92 Å². The second kappa shape index (κ2) is 6.38. The van der Waals surface area contributed by atoms with Crippen LogP contribution in [0.3, 0.4) is 0 Å². The maximum absolute atomic E-state index is 11.8. The van der Waals surface area contributed by atoms with E-state index >= 15 is 0 Å². The van der Waals surface area contributed by atoms with Gasteiger partial charge in [-0.15, -0.1) is 0 Å². The van der Waals surface area contributed by atoms with Crippen molar-refractivity contribution in [2.24, 2.45) is 5.92 Å². The van der Waals surface area contributed by atoms with Crippen LogP contribution in [0.1, 0.15) is 23.7 Å². The quantitative estimate of drug-likeness (QED) is 0.815. The highest BCUT2D eigenvalue weighted by molar-refractivity contribution is 5.97. The van der Waals surface area contributed by atoms with E-state index in [4.69, 9.17) is 9.15 Å². The molecule has 0 radical (unpaired) electrons. The molecule has 1 aliphatic rings. The Morgan fingerprint density at radius 1 is 1.53 bits per heavy atom. The number of nitrogens with one attached hydrogen (secondary N) is 2. The number of hydrogen-bond donors (Lipinski definition) is 2. The van der Waals surface area contributed by atoms with Crippen molar-refractivity contribution in [1.82, 2.24) is 10.6 Å². The van der Waals surface area contributed by atoms with E-state index in [0.29, 0.717) is 24.6 Å². The minimum absolute atomic E-state index is 0.191. The molecule has 0 saturated carbocycles. The third kappa shape index (κ3) is 3.82. The van der Waals surface area contributed by atoms with Gasteiger partial charge in [0.2, 0.25) is 5.91 Å². The predicted octanol–water partition coefficient (Wildman–Crippen LogP) is 0.551. The molecule has 2 amide bonds. The molecule has 1 aromatic rings. The fourth-order valence-electron chi connectivity index (χ4n) is 1.88. The van der Waals surface area contributed by atoms with Gasteiger partial charge in [-0.05, 0) is 19.4 Å². The van der Waals surface area contributed by atoms with Gasteiger partial charge in [0.1, 0.15) is 12.3 Å². The van der Waals surface area contributed by atoms with Gasteiger partial charge in [0.15, 0.2) is 0 Å². The van der Waals surface area contributed by atoms with Crippen molar-refractivity contribution >= 4 is 11.8 Å². The molecule has 1 fully saturated rings. The van der Waals surface area contributed by atoms with Crippen LogP contribution in [-0.4, -0.2) is 37.6 Å². The van der Waals surface area contributed by atoms with Gasteiger partial charge >= 0.3 is 0 Å². The molecule has 104 valence electrons. The zero-order valence-electron chi connectivity index (χ0n) is 10.8. The Labute approximate surface area is 111 Å². The first-order valence-corrected chi connectivity index (χ1v) is 6.35.